The van der Waals surface area contributed by atoms with E-state index in [-0.39, 0.29) is 0 Å². The van der Waals surface area contributed by atoms with Crippen LogP contribution in [0.4, 0.5) is 0 Å². The molecule has 4 heteroatoms. The van der Waals surface area contributed by atoms with Crippen molar-refractivity contribution in [3.8, 4) is 6.07 Å². The van der Waals surface area contributed by atoms with E-state index in [1.54, 1.807) is 12.1 Å². The second-order valence-corrected chi connectivity index (χ2v) is 9.05. The molecule has 0 aromatic heterocycles. The van der Waals surface area contributed by atoms with Crippen molar-refractivity contribution in [2.24, 2.45) is 0 Å². The molecule has 0 aliphatic rings. The van der Waals surface area contributed by atoms with E-state index >= 15 is 0 Å². The Bertz CT molecular complexity index is 293. The molecule has 1 rings (SSSR count). The molecule has 11 heavy (non-hydrogen) atoms. The van der Waals surface area contributed by atoms with Gasteiger partial charge in [-0.1, -0.05) is 0 Å². The zero-order valence-corrected chi connectivity index (χ0v) is 9.11. The third-order valence-electron chi connectivity index (χ3n) is 1.10. The van der Waals surface area contributed by atoms with Crippen molar-refractivity contribution in [3.05, 3.63) is 29.8 Å². The van der Waals surface area contributed by atoms with Gasteiger partial charge < -0.3 is 0 Å². The molecule has 0 amide bonds. The average molecular weight is 368 g/mol. The molecule has 0 aliphatic heterocycles. The van der Waals surface area contributed by atoms with Gasteiger partial charge in [0.15, 0.2) is 0 Å². The van der Waals surface area contributed by atoms with E-state index in [2.05, 4.69) is 0 Å². The summed E-state index contributed by atoms with van der Waals surface area (Å²) in [6.07, 6.45) is 0. The summed E-state index contributed by atoms with van der Waals surface area (Å²) < 4.78 is 0.823. The van der Waals surface area contributed by atoms with Crippen LogP contribution in [0.3, 0.4) is 0 Å². The van der Waals surface area contributed by atoms with Crippen molar-refractivity contribution in [1.82, 2.24) is 0 Å². The molecule has 61 valence electrons. The zero-order chi connectivity index (χ0) is 8.27. The predicted molar refractivity (Wildman–Crippen MR) is 42.5 cm³/mol. The average Bonchev–Trinajstić information content (AvgIpc) is 2.04. The van der Waals surface area contributed by atoms with E-state index in [1.165, 1.54) is 0 Å². The van der Waals surface area contributed by atoms with E-state index in [9.17, 15) is 0 Å². The van der Waals surface area contributed by atoms with Crippen molar-refractivity contribution in [2.45, 2.75) is 0 Å². The molecule has 0 saturated heterocycles. The first kappa shape index (κ1) is 9.07. The van der Waals surface area contributed by atoms with Crippen LogP contribution in [-0.4, -0.2) is 0 Å². The van der Waals surface area contributed by atoms with Gasteiger partial charge in [-0.2, -0.15) is 0 Å². The summed E-state index contributed by atoms with van der Waals surface area (Å²) in [4.78, 5) is 0. The van der Waals surface area contributed by atoms with Gasteiger partial charge in [0, 0.05) is 0 Å². The van der Waals surface area contributed by atoms with Gasteiger partial charge in [-0.05, 0) is 0 Å². The Labute approximate surface area is 79.0 Å². The summed E-state index contributed by atoms with van der Waals surface area (Å²) in [6, 6.07) is 9.22. The normalized spacial score (nSPS) is 10.5. The molecule has 0 bridgehead atoms. The fraction of sp³-hybridized carbons (Fsp3) is 0. The van der Waals surface area contributed by atoms with Gasteiger partial charge in [-0.15, -0.1) is 0 Å². The summed E-state index contributed by atoms with van der Waals surface area (Å²) in [5.41, 5.74) is 0.600. The fourth-order valence-electron chi connectivity index (χ4n) is 0.642. The number of halogens is 2. The van der Waals surface area contributed by atoms with Gasteiger partial charge in [0.2, 0.25) is 0 Å². The number of rotatable bonds is 1. The topological polar surface area (TPSA) is 23.8 Å². The number of benzene rings is 1. The molecular formula is C7H4Cl2NPt. The fourth-order valence-corrected chi connectivity index (χ4v) is 3.63. The van der Waals surface area contributed by atoms with Gasteiger partial charge in [0.05, 0.1) is 0 Å². The summed E-state index contributed by atoms with van der Waals surface area (Å²) in [7, 11) is 11.5. The van der Waals surface area contributed by atoms with E-state index in [0.717, 1.165) is 3.95 Å². The molecule has 0 saturated carbocycles. The first-order valence-electron chi connectivity index (χ1n) is 2.70. The third-order valence-corrected chi connectivity index (χ3v) is 5.12. The summed E-state index contributed by atoms with van der Waals surface area (Å²) in [5.74, 6) is 0. The van der Waals surface area contributed by atoms with E-state index in [4.69, 9.17) is 24.1 Å². The van der Waals surface area contributed by atoms with Crippen LogP contribution < -0.4 is 3.95 Å². The zero-order valence-electron chi connectivity index (χ0n) is 5.33. The summed E-state index contributed by atoms with van der Waals surface area (Å²) >= 11 is -2.03. The Balaban J connectivity index is 3.15. The van der Waals surface area contributed by atoms with Crippen molar-refractivity contribution in [1.29, 1.82) is 5.26 Å². The van der Waals surface area contributed by atoms with Crippen LogP contribution >= 0.6 is 18.8 Å². The predicted octanol–water partition coefficient (Wildman–Crippen LogP) is 2.11. The molecule has 0 N–H and O–H groups in total. The molecule has 0 heterocycles. The maximum atomic E-state index is 8.63. The molecule has 1 aromatic rings. The molecule has 0 aliphatic carbocycles. The molecule has 0 fully saturated rings. The van der Waals surface area contributed by atoms with Crippen molar-refractivity contribution in [3.63, 3.8) is 0 Å². The molecule has 0 radical (unpaired) electrons. The molecule has 1 aromatic carbocycles. The van der Waals surface area contributed by atoms with E-state index in [0.29, 0.717) is 5.56 Å². The summed E-state index contributed by atoms with van der Waals surface area (Å²) in [6.45, 7) is 0. The van der Waals surface area contributed by atoms with Crippen LogP contribution in [0.2, 0.25) is 0 Å². The van der Waals surface area contributed by atoms with Crippen LogP contribution in [0.25, 0.3) is 0 Å². The Morgan fingerprint density at radius 1 is 1.27 bits per heavy atom. The molecular weight excluding hydrogens is 364 g/mol. The molecule has 1 nitrogen and oxygen atoms in total. The standard InChI is InChI=1S/C7H4N.2ClH.Pt/c8-6-7-4-2-1-3-5-7;;;/h1-4H;2*1H;/q;;;+2/p-2. The molecule has 0 unspecified atom stereocenters. The minimum atomic E-state index is -2.03. The first-order valence-corrected chi connectivity index (χ1v) is 9.47. The number of nitrogens with zero attached hydrogens (tertiary/aromatic N) is 1. The van der Waals surface area contributed by atoms with Gasteiger partial charge >= 0.3 is 79.2 Å². The molecule has 0 spiro atoms. The third kappa shape index (κ3) is 2.20. The van der Waals surface area contributed by atoms with Crippen LogP contribution in [-0.2, 0) is 15.2 Å². The molecule has 0 atom stereocenters. The van der Waals surface area contributed by atoms with Crippen LogP contribution in [0.15, 0.2) is 24.3 Å². The van der Waals surface area contributed by atoms with Crippen molar-refractivity contribution in [2.75, 3.05) is 0 Å². The van der Waals surface area contributed by atoms with Crippen molar-refractivity contribution < 1.29 is 15.2 Å². The number of hydrogen-bond donors (Lipinski definition) is 0. The number of hydrogen-bond acceptors (Lipinski definition) is 1. The van der Waals surface area contributed by atoms with Crippen molar-refractivity contribution >= 4 is 22.8 Å². The second kappa shape index (κ2) is 4.12. The Morgan fingerprint density at radius 2 is 1.91 bits per heavy atom. The van der Waals surface area contributed by atoms with E-state index in [1.807, 2.05) is 18.2 Å². The van der Waals surface area contributed by atoms with Gasteiger partial charge in [-0.3, -0.25) is 0 Å². The monoisotopic (exact) mass is 367 g/mol. The van der Waals surface area contributed by atoms with Gasteiger partial charge in [0.1, 0.15) is 0 Å². The second-order valence-electron chi connectivity index (χ2n) is 1.72. The Hall–Kier alpha value is -0.0217. The number of nitriles is 1. The van der Waals surface area contributed by atoms with E-state index < -0.39 is 15.2 Å². The Morgan fingerprint density at radius 3 is 2.36 bits per heavy atom. The van der Waals surface area contributed by atoms with Gasteiger partial charge in [0.25, 0.3) is 0 Å². The van der Waals surface area contributed by atoms with Crippen LogP contribution in [0.1, 0.15) is 5.56 Å². The summed E-state index contributed by atoms with van der Waals surface area (Å²) in [5, 5.41) is 8.63. The van der Waals surface area contributed by atoms with Crippen LogP contribution in [0, 0.1) is 11.3 Å². The quantitative estimate of drug-likeness (QED) is 0.745. The SMILES string of the molecule is N#Cc1cccc[c]1[Pt]([Cl])[Cl]. The first-order chi connectivity index (χ1) is 5.25. The maximum absolute atomic E-state index is 8.63. The van der Waals surface area contributed by atoms with Crippen LogP contribution in [0.5, 0.6) is 0 Å². The Kier molecular flexibility index (Phi) is 3.39. The van der Waals surface area contributed by atoms with Gasteiger partial charge in [-0.25, -0.2) is 0 Å². The minimum absolute atomic E-state index is 0.600.